The summed E-state index contributed by atoms with van der Waals surface area (Å²) in [6.07, 6.45) is 4.06. The Morgan fingerprint density at radius 1 is 1.20 bits per heavy atom. The van der Waals surface area contributed by atoms with E-state index in [0.717, 1.165) is 18.4 Å². The van der Waals surface area contributed by atoms with Gasteiger partial charge in [0.25, 0.3) is 0 Å². The lowest BCUT2D eigenvalue weighted by Gasteiger charge is -2.38. The number of rotatable bonds is 5. The van der Waals surface area contributed by atoms with Gasteiger partial charge in [0.05, 0.1) is 0 Å². The van der Waals surface area contributed by atoms with Gasteiger partial charge in [-0.3, -0.25) is 0 Å². The van der Waals surface area contributed by atoms with Crippen molar-refractivity contribution in [2.75, 3.05) is 25.0 Å². The molecule has 1 aliphatic carbocycles. The van der Waals surface area contributed by atoms with Crippen LogP contribution in [0, 0.1) is 18.8 Å². The molecular weight excluding hydrogens is 244 g/mol. The zero-order chi connectivity index (χ0) is 14.5. The van der Waals surface area contributed by atoms with Crippen LogP contribution in [0.25, 0.3) is 0 Å². The Morgan fingerprint density at radius 3 is 2.50 bits per heavy atom. The van der Waals surface area contributed by atoms with Crippen molar-refractivity contribution < 1.29 is 0 Å². The van der Waals surface area contributed by atoms with Crippen LogP contribution < -0.4 is 10.2 Å². The van der Waals surface area contributed by atoms with Crippen LogP contribution in [-0.4, -0.2) is 26.2 Å². The second-order valence-corrected chi connectivity index (χ2v) is 6.45. The Morgan fingerprint density at radius 2 is 1.90 bits per heavy atom. The second kappa shape index (κ2) is 7.12. The summed E-state index contributed by atoms with van der Waals surface area (Å²) in [4.78, 5) is 2.53. The van der Waals surface area contributed by atoms with Crippen molar-refractivity contribution in [3.63, 3.8) is 0 Å². The number of benzene rings is 1. The number of hydrogen-bond acceptors (Lipinski definition) is 2. The highest BCUT2D eigenvalue weighted by Crippen LogP contribution is 2.30. The Bertz CT molecular complexity index is 398. The van der Waals surface area contributed by atoms with Crippen molar-refractivity contribution >= 4 is 5.69 Å². The molecule has 0 heterocycles. The molecule has 2 rings (SSSR count). The Hall–Kier alpha value is -1.02. The summed E-state index contributed by atoms with van der Waals surface area (Å²) < 4.78 is 0. The number of anilines is 1. The van der Waals surface area contributed by atoms with E-state index in [1.165, 1.54) is 37.1 Å². The van der Waals surface area contributed by atoms with Crippen LogP contribution >= 0.6 is 0 Å². The zero-order valence-corrected chi connectivity index (χ0v) is 13.5. The van der Waals surface area contributed by atoms with Crippen molar-refractivity contribution in [3.8, 4) is 0 Å². The lowest BCUT2D eigenvalue weighted by molar-refractivity contribution is 0.224. The van der Waals surface area contributed by atoms with E-state index < -0.39 is 0 Å². The van der Waals surface area contributed by atoms with Crippen molar-refractivity contribution in [2.24, 2.45) is 11.8 Å². The summed E-state index contributed by atoms with van der Waals surface area (Å²) in [6.45, 7) is 9.08. The fraction of sp³-hybridized carbons (Fsp3) is 0.667. The molecule has 1 aromatic carbocycles. The van der Waals surface area contributed by atoms with Gasteiger partial charge in [0, 0.05) is 24.8 Å². The average Bonchev–Trinajstić information content (AvgIpc) is 2.46. The van der Waals surface area contributed by atoms with Crippen molar-refractivity contribution in [2.45, 2.75) is 46.1 Å². The molecule has 1 fully saturated rings. The summed E-state index contributed by atoms with van der Waals surface area (Å²) in [5.74, 6) is 1.64. The number of hydrogen-bond donors (Lipinski definition) is 1. The number of nitrogens with zero attached hydrogens (tertiary/aromatic N) is 1. The molecule has 0 aromatic heterocycles. The molecule has 2 heteroatoms. The summed E-state index contributed by atoms with van der Waals surface area (Å²) in [5, 5.41) is 3.54. The highest BCUT2D eigenvalue weighted by Gasteiger charge is 2.28. The van der Waals surface area contributed by atoms with E-state index in [0.29, 0.717) is 6.04 Å². The summed E-state index contributed by atoms with van der Waals surface area (Å²) >= 11 is 0. The van der Waals surface area contributed by atoms with Crippen LogP contribution in [-0.2, 0) is 0 Å². The normalized spacial score (nSPS) is 26.5. The van der Waals surface area contributed by atoms with E-state index >= 15 is 0 Å². The third-order valence-corrected chi connectivity index (χ3v) is 4.85. The fourth-order valence-electron chi connectivity index (χ4n) is 3.54. The minimum atomic E-state index is 0.686. The smallest absolute Gasteiger partial charge is 0.0366 e. The van der Waals surface area contributed by atoms with Crippen LogP contribution in [0.1, 0.15) is 38.7 Å². The molecule has 3 unspecified atom stereocenters. The first-order valence-corrected chi connectivity index (χ1v) is 8.13. The van der Waals surface area contributed by atoms with Gasteiger partial charge in [-0.15, -0.1) is 0 Å². The molecule has 0 amide bonds. The predicted molar refractivity (Wildman–Crippen MR) is 88.4 cm³/mol. The predicted octanol–water partition coefficient (Wildman–Crippen LogP) is 3.85. The summed E-state index contributed by atoms with van der Waals surface area (Å²) in [6, 6.07) is 9.65. The van der Waals surface area contributed by atoms with Gasteiger partial charge in [-0.2, -0.15) is 0 Å². The molecular formula is C18H30N2. The van der Waals surface area contributed by atoms with Crippen LogP contribution in [0.3, 0.4) is 0 Å². The molecule has 0 aliphatic heterocycles. The Labute approximate surface area is 124 Å². The fourth-order valence-corrected chi connectivity index (χ4v) is 3.54. The highest BCUT2D eigenvalue weighted by atomic mass is 15.1. The third-order valence-electron chi connectivity index (χ3n) is 4.85. The van der Waals surface area contributed by atoms with Crippen LogP contribution in [0.2, 0.25) is 0 Å². The molecule has 1 N–H and O–H groups in total. The topological polar surface area (TPSA) is 15.3 Å². The van der Waals surface area contributed by atoms with Gasteiger partial charge >= 0.3 is 0 Å². The second-order valence-electron chi connectivity index (χ2n) is 6.45. The van der Waals surface area contributed by atoms with Crippen molar-refractivity contribution in [1.82, 2.24) is 5.32 Å². The Kier molecular flexibility index (Phi) is 5.47. The van der Waals surface area contributed by atoms with E-state index in [2.05, 4.69) is 62.3 Å². The highest BCUT2D eigenvalue weighted by molar-refractivity contribution is 5.47. The standard InChI is InChI=1S/C18H30N2/c1-5-20(17-9-6-14(2)7-10-17)13-16-12-15(3)8-11-18(16)19-4/h6-7,9-10,15-16,18-19H,5,8,11-13H2,1-4H3. The lowest BCUT2D eigenvalue weighted by Crippen LogP contribution is -2.44. The SMILES string of the molecule is CCN(CC1CC(C)CCC1NC)c1ccc(C)cc1. The van der Waals surface area contributed by atoms with Crippen molar-refractivity contribution in [1.29, 1.82) is 0 Å². The van der Waals surface area contributed by atoms with Gasteiger partial charge in [-0.1, -0.05) is 24.6 Å². The molecule has 1 saturated carbocycles. The molecule has 0 bridgehead atoms. The summed E-state index contributed by atoms with van der Waals surface area (Å²) in [7, 11) is 2.12. The molecule has 0 saturated heterocycles. The largest absolute Gasteiger partial charge is 0.371 e. The average molecular weight is 274 g/mol. The molecule has 0 spiro atoms. The summed E-state index contributed by atoms with van der Waals surface area (Å²) in [5.41, 5.74) is 2.70. The van der Waals surface area contributed by atoms with E-state index in [4.69, 9.17) is 0 Å². The minimum Gasteiger partial charge on any atom is -0.371 e. The maximum Gasteiger partial charge on any atom is 0.0366 e. The molecule has 3 atom stereocenters. The van der Waals surface area contributed by atoms with Gasteiger partial charge < -0.3 is 10.2 Å². The monoisotopic (exact) mass is 274 g/mol. The van der Waals surface area contributed by atoms with E-state index in [1.54, 1.807) is 0 Å². The van der Waals surface area contributed by atoms with Gasteiger partial charge in [0.1, 0.15) is 0 Å². The minimum absolute atomic E-state index is 0.686. The lowest BCUT2D eigenvalue weighted by atomic mass is 9.78. The van der Waals surface area contributed by atoms with Crippen molar-refractivity contribution in [3.05, 3.63) is 29.8 Å². The van der Waals surface area contributed by atoms with Crippen LogP contribution in [0.5, 0.6) is 0 Å². The quantitative estimate of drug-likeness (QED) is 0.877. The first kappa shape index (κ1) is 15.4. The van der Waals surface area contributed by atoms with E-state index in [9.17, 15) is 0 Å². The van der Waals surface area contributed by atoms with Crippen LogP contribution in [0.4, 0.5) is 5.69 Å². The van der Waals surface area contributed by atoms with Gasteiger partial charge in [-0.05, 0) is 64.1 Å². The number of aryl methyl sites for hydroxylation is 1. The van der Waals surface area contributed by atoms with E-state index in [1.807, 2.05) is 0 Å². The van der Waals surface area contributed by atoms with Gasteiger partial charge in [0.15, 0.2) is 0 Å². The molecule has 112 valence electrons. The first-order valence-electron chi connectivity index (χ1n) is 8.13. The maximum absolute atomic E-state index is 3.54. The molecule has 2 nitrogen and oxygen atoms in total. The molecule has 20 heavy (non-hydrogen) atoms. The molecule has 0 radical (unpaired) electrons. The first-order chi connectivity index (χ1) is 9.63. The zero-order valence-electron chi connectivity index (χ0n) is 13.5. The number of nitrogens with one attached hydrogen (secondary N) is 1. The molecule has 1 aromatic rings. The van der Waals surface area contributed by atoms with E-state index in [-0.39, 0.29) is 0 Å². The van der Waals surface area contributed by atoms with Crippen LogP contribution in [0.15, 0.2) is 24.3 Å². The molecule has 1 aliphatic rings. The Balaban J connectivity index is 2.06. The van der Waals surface area contributed by atoms with Gasteiger partial charge in [-0.25, -0.2) is 0 Å². The van der Waals surface area contributed by atoms with Gasteiger partial charge in [0.2, 0.25) is 0 Å². The maximum atomic E-state index is 3.54. The third kappa shape index (κ3) is 3.76.